The van der Waals surface area contributed by atoms with Crippen LogP contribution in [-0.2, 0) is 0 Å². The summed E-state index contributed by atoms with van der Waals surface area (Å²) in [5.74, 6) is 0. The largest absolute Gasteiger partial charge is 0.332 e. The Hall–Kier alpha value is -2.36. The fraction of sp³-hybridized carbons (Fsp3) is 0.0769. The Morgan fingerprint density at radius 1 is 1.24 bits per heavy atom. The molecule has 0 bridgehead atoms. The highest BCUT2D eigenvalue weighted by atomic mass is 16.2. The van der Waals surface area contributed by atoms with Gasteiger partial charge in [-0.15, -0.1) is 0 Å². The molecule has 0 aliphatic heterocycles. The molecular formula is C13H12N2O2. The number of hydrogen-bond donors (Lipinski definition) is 1. The lowest BCUT2D eigenvalue weighted by Gasteiger charge is -2.05. The first kappa shape index (κ1) is 11.1. The van der Waals surface area contributed by atoms with Crippen LogP contribution in [0, 0.1) is 6.92 Å². The van der Waals surface area contributed by atoms with Gasteiger partial charge in [0.05, 0.1) is 5.69 Å². The van der Waals surface area contributed by atoms with Crippen LogP contribution in [0.5, 0.6) is 0 Å². The second-order valence-electron chi connectivity index (χ2n) is 3.74. The standard InChI is InChI=1S/C13H12N2O2/c1-3-10-4-6-11(7-5-10)15-8-9(2)12(16)14-13(15)17/h3-8H,1H2,2H3,(H,14,16,17). The van der Waals surface area contributed by atoms with Crippen molar-refractivity contribution in [1.82, 2.24) is 9.55 Å². The number of aromatic nitrogens is 2. The molecule has 0 fully saturated rings. The van der Waals surface area contributed by atoms with Crippen molar-refractivity contribution in [2.24, 2.45) is 0 Å². The molecule has 1 N–H and O–H groups in total. The van der Waals surface area contributed by atoms with Gasteiger partial charge in [-0.1, -0.05) is 24.8 Å². The quantitative estimate of drug-likeness (QED) is 0.846. The third-order valence-electron chi connectivity index (χ3n) is 2.53. The summed E-state index contributed by atoms with van der Waals surface area (Å²) in [6.45, 7) is 5.32. The molecule has 4 nitrogen and oxygen atoms in total. The fourth-order valence-electron chi connectivity index (χ4n) is 1.53. The van der Waals surface area contributed by atoms with Gasteiger partial charge in [0.25, 0.3) is 5.56 Å². The summed E-state index contributed by atoms with van der Waals surface area (Å²) in [6.07, 6.45) is 3.26. The summed E-state index contributed by atoms with van der Waals surface area (Å²) >= 11 is 0. The maximum atomic E-state index is 11.6. The van der Waals surface area contributed by atoms with Crippen LogP contribution >= 0.6 is 0 Å². The van der Waals surface area contributed by atoms with E-state index in [1.807, 2.05) is 12.1 Å². The zero-order chi connectivity index (χ0) is 12.4. The molecule has 0 spiro atoms. The first-order valence-electron chi connectivity index (χ1n) is 5.17. The van der Waals surface area contributed by atoms with E-state index >= 15 is 0 Å². The van der Waals surface area contributed by atoms with Crippen LogP contribution in [0.25, 0.3) is 11.8 Å². The van der Waals surface area contributed by atoms with Gasteiger partial charge in [0.2, 0.25) is 0 Å². The molecule has 86 valence electrons. The highest BCUT2D eigenvalue weighted by molar-refractivity contribution is 5.49. The molecule has 0 aliphatic carbocycles. The molecule has 0 aliphatic rings. The Kier molecular flexibility index (Phi) is 2.78. The Balaban J connectivity index is 2.60. The minimum atomic E-state index is -0.438. The van der Waals surface area contributed by atoms with Gasteiger partial charge in [0.1, 0.15) is 0 Å². The highest BCUT2D eigenvalue weighted by Gasteiger charge is 2.02. The number of hydrogen-bond acceptors (Lipinski definition) is 2. The molecule has 2 aromatic rings. The van der Waals surface area contributed by atoms with E-state index in [1.54, 1.807) is 25.1 Å². The lowest BCUT2D eigenvalue weighted by Crippen LogP contribution is -2.29. The maximum absolute atomic E-state index is 11.6. The van der Waals surface area contributed by atoms with Crippen LogP contribution in [0.15, 0.2) is 46.6 Å². The third kappa shape index (κ3) is 2.10. The monoisotopic (exact) mass is 228 g/mol. The molecule has 0 atom stereocenters. The summed E-state index contributed by atoms with van der Waals surface area (Å²) in [4.78, 5) is 25.1. The fourth-order valence-corrected chi connectivity index (χ4v) is 1.53. The van der Waals surface area contributed by atoms with Crippen molar-refractivity contribution in [3.8, 4) is 5.69 Å². The van der Waals surface area contributed by atoms with Crippen molar-refractivity contribution >= 4 is 6.08 Å². The van der Waals surface area contributed by atoms with Gasteiger partial charge in [-0.05, 0) is 24.6 Å². The molecule has 2 rings (SSSR count). The smallest absolute Gasteiger partial charge is 0.273 e. The van der Waals surface area contributed by atoms with Crippen molar-refractivity contribution < 1.29 is 0 Å². The van der Waals surface area contributed by atoms with E-state index in [0.29, 0.717) is 11.3 Å². The minimum absolute atomic E-state index is 0.353. The van der Waals surface area contributed by atoms with E-state index in [4.69, 9.17) is 0 Å². The first-order chi connectivity index (χ1) is 8.11. The highest BCUT2D eigenvalue weighted by Crippen LogP contribution is 2.08. The average Bonchev–Trinajstić information content (AvgIpc) is 2.34. The minimum Gasteiger partial charge on any atom is -0.273 e. The number of aromatic amines is 1. The predicted octanol–water partition coefficient (Wildman–Crippen LogP) is 1.48. The van der Waals surface area contributed by atoms with Crippen molar-refractivity contribution in [1.29, 1.82) is 0 Å². The molecule has 1 heterocycles. The number of nitrogens with one attached hydrogen (secondary N) is 1. The van der Waals surface area contributed by atoms with Gasteiger partial charge in [-0.3, -0.25) is 14.3 Å². The van der Waals surface area contributed by atoms with Crippen molar-refractivity contribution in [3.05, 3.63) is 69.0 Å². The zero-order valence-electron chi connectivity index (χ0n) is 9.43. The zero-order valence-corrected chi connectivity index (χ0v) is 9.43. The Labute approximate surface area is 97.9 Å². The molecular weight excluding hydrogens is 216 g/mol. The first-order valence-corrected chi connectivity index (χ1v) is 5.17. The van der Waals surface area contributed by atoms with E-state index in [2.05, 4.69) is 11.6 Å². The van der Waals surface area contributed by atoms with Gasteiger partial charge in [0, 0.05) is 11.8 Å². The summed E-state index contributed by atoms with van der Waals surface area (Å²) in [5, 5.41) is 0. The summed E-state index contributed by atoms with van der Waals surface area (Å²) in [5.41, 5.74) is 1.39. The Morgan fingerprint density at radius 3 is 2.47 bits per heavy atom. The lowest BCUT2D eigenvalue weighted by molar-refractivity contribution is 0.879. The van der Waals surface area contributed by atoms with E-state index in [1.165, 1.54) is 10.8 Å². The van der Waals surface area contributed by atoms with Gasteiger partial charge in [0.15, 0.2) is 0 Å². The van der Waals surface area contributed by atoms with Crippen molar-refractivity contribution in [2.45, 2.75) is 6.92 Å². The van der Waals surface area contributed by atoms with Gasteiger partial charge in [-0.2, -0.15) is 0 Å². The summed E-state index contributed by atoms with van der Waals surface area (Å²) < 4.78 is 1.41. The number of rotatable bonds is 2. The van der Waals surface area contributed by atoms with Gasteiger partial charge in [-0.25, -0.2) is 4.79 Å². The summed E-state index contributed by atoms with van der Waals surface area (Å²) in [7, 11) is 0. The van der Waals surface area contributed by atoms with Crippen molar-refractivity contribution in [2.75, 3.05) is 0 Å². The number of H-pyrrole nitrogens is 1. The molecule has 0 amide bonds. The van der Waals surface area contributed by atoms with Gasteiger partial charge < -0.3 is 0 Å². The second kappa shape index (κ2) is 4.25. The van der Waals surface area contributed by atoms with Crippen LogP contribution in [0.2, 0.25) is 0 Å². The molecule has 17 heavy (non-hydrogen) atoms. The predicted molar refractivity (Wildman–Crippen MR) is 67.5 cm³/mol. The molecule has 4 heteroatoms. The molecule has 0 radical (unpaired) electrons. The average molecular weight is 228 g/mol. The van der Waals surface area contributed by atoms with E-state index in [0.717, 1.165) is 5.56 Å². The van der Waals surface area contributed by atoms with E-state index in [9.17, 15) is 9.59 Å². The number of nitrogens with zero attached hydrogens (tertiary/aromatic N) is 1. The normalized spacial score (nSPS) is 10.2. The molecule has 0 unspecified atom stereocenters. The van der Waals surface area contributed by atoms with Crippen LogP contribution in [0.1, 0.15) is 11.1 Å². The maximum Gasteiger partial charge on any atom is 0.332 e. The van der Waals surface area contributed by atoms with Crippen LogP contribution in [0.3, 0.4) is 0 Å². The third-order valence-corrected chi connectivity index (χ3v) is 2.53. The van der Waals surface area contributed by atoms with Crippen molar-refractivity contribution in [3.63, 3.8) is 0 Å². The Morgan fingerprint density at radius 2 is 1.88 bits per heavy atom. The molecule has 0 saturated heterocycles. The lowest BCUT2D eigenvalue weighted by atomic mass is 10.2. The molecule has 1 aromatic carbocycles. The number of aryl methyl sites for hydroxylation is 1. The summed E-state index contributed by atoms with van der Waals surface area (Å²) in [6, 6.07) is 7.32. The molecule has 1 aromatic heterocycles. The SMILES string of the molecule is C=Cc1ccc(-n2cc(C)c(=O)[nH]c2=O)cc1. The number of benzene rings is 1. The van der Waals surface area contributed by atoms with E-state index in [-0.39, 0.29) is 5.56 Å². The van der Waals surface area contributed by atoms with Crippen LogP contribution in [0.4, 0.5) is 0 Å². The van der Waals surface area contributed by atoms with Crippen LogP contribution in [-0.4, -0.2) is 9.55 Å². The topological polar surface area (TPSA) is 54.9 Å². The van der Waals surface area contributed by atoms with E-state index < -0.39 is 5.69 Å². The van der Waals surface area contributed by atoms with Crippen LogP contribution < -0.4 is 11.2 Å². The second-order valence-corrected chi connectivity index (χ2v) is 3.74. The molecule has 0 saturated carbocycles. The van der Waals surface area contributed by atoms with Gasteiger partial charge >= 0.3 is 5.69 Å². The Bertz CT molecular complexity index is 663.